The molecule has 2 N–H and O–H groups in total. The number of hydrogen-bond acceptors (Lipinski definition) is 3. The van der Waals surface area contributed by atoms with Crippen molar-refractivity contribution in [1.29, 1.82) is 0 Å². The molecule has 1 aromatic rings. The van der Waals surface area contributed by atoms with Gasteiger partial charge in [-0.1, -0.05) is 39.8 Å². The number of benzene rings is 1. The number of ether oxygens (including phenoxy) is 2. The number of nitrogens with two attached hydrogens (primary N) is 1. The van der Waals surface area contributed by atoms with E-state index in [4.69, 9.17) is 15.2 Å². The van der Waals surface area contributed by atoms with E-state index < -0.39 is 0 Å². The summed E-state index contributed by atoms with van der Waals surface area (Å²) >= 11 is 0. The highest BCUT2D eigenvalue weighted by atomic mass is 16.5. The van der Waals surface area contributed by atoms with E-state index in [1.807, 2.05) is 18.2 Å². The lowest BCUT2D eigenvalue weighted by atomic mass is 9.93. The van der Waals surface area contributed by atoms with Gasteiger partial charge < -0.3 is 15.2 Å². The van der Waals surface area contributed by atoms with Crippen molar-refractivity contribution in [3.63, 3.8) is 0 Å². The third kappa shape index (κ3) is 5.51. The predicted molar refractivity (Wildman–Crippen MR) is 84.0 cm³/mol. The lowest BCUT2D eigenvalue weighted by Crippen LogP contribution is -2.30. The standard InChI is InChI=1S/C17H29NO2/c1-6-15(18)16(20-11-10-17(2,3)4)13-8-7-9-14(12-13)19-5/h7-9,12,15-16H,6,10-11,18H2,1-5H3. The average molecular weight is 279 g/mol. The maximum absolute atomic E-state index is 6.22. The molecule has 0 radical (unpaired) electrons. The van der Waals surface area contributed by atoms with Crippen molar-refractivity contribution in [3.05, 3.63) is 29.8 Å². The molecule has 114 valence electrons. The largest absolute Gasteiger partial charge is 0.497 e. The van der Waals surface area contributed by atoms with Gasteiger partial charge in [0.05, 0.1) is 13.2 Å². The average Bonchev–Trinajstić information content (AvgIpc) is 2.41. The van der Waals surface area contributed by atoms with E-state index in [1.165, 1.54) is 0 Å². The highest BCUT2D eigenvalue weighted by molar-refractivity contribution is 5.30. The molecule has 0 aliphatic carbocycles. The molecule has 3 heteroatoms. The number of hydrogen-bond donors (Lipinski definition) is 1. The molecule has 1 rings (SSSR count). The van der Waals surface area contributed by atoms with Crippen molar-refractivity contribution in [2.75, 3.05) is 13.7 Å². The molecular weight excluding hydrogens is 250 g/mol. The minimum atomic E-state index is -0.0718. The maximum atomic E-state index is 6.22. The molecular formula is C17H29NO2. The molecule has 0 saturated carbocycles. The Balaban J connectivity index is 2.78. The Labute approximate surface area is 123 Å². The summed E-state index contributed by atoms with van der Waals surface area (Å²) in [5.74, 6) is 0.843. The Morgan fingerprint density at radius 2 is 1.95 bits per heavy atom. The molecule has 0 bridgehead atoms. The molecule has 3 nitrogen and oxygen atoms in total. The van der Waals surface area contributed by atoms with Crippen molar-refractivity contribution in [1.82, 2.24) is 0 Å². The summed E-state index contributed by atoms with van der Waals surface area (Å²) in [6.45, 7) is 9.47. The molecule has 0 spiro atoms. The van der Waals surface area contributed by atoms with E-state index in [0.29, 0.717) is 0 Å². The van der Waals surface area contributed by atoms with Gasteiger partial charge in [-0.05, 0) is 36.0 Å². The van der Waals surface area contributed by atoms with Crippen LogP contribution >= 0.6 is 0 Å². The van der Waals surface area contributed by atoms with Crippen molar-refractivity contribution >= 4 is 0 Å². The van der Waals surface area contributed by atoms with Crippen molar-refractivity contribution < 1.29 is 9.47 Å². The van der Waals surface area contributed by atoms with Crippen LogP contribution in [0.4, 0.5) is 0 Å². The van der Waals surface area contributed by atoms with Gasteiger partial charge in [0.15, 0.2) is 0 Å². The molecule has 1 aromatic carbocycles. The molecule has 0 aromatic heterocycles. The number of rotatable bonds is 7. The van der Waals surface area contributed by atoms with Crippen LogP contribution in [0.5, 0.6) is 5.75 Å². The smallest absolute Gasteiger partial charge is 0.119 e. The van der Waals surface area contributed by atoms with E-state index in [1.54, 1.807) is 7.11 Å². The second-order valence-electron chi connectivity index (χ2n) is 6.45. The van der Waals surface area contributed by atoms with E-state index in [-0.39, 0.29) is 17.6 Å². The summed E-state index contributed by atoms with van der Waals surface area (Å²) in [7, 11) is 1.67. The summed E-state index contributed by atoms with van der Waals surface area (Å²) in [6.07, 6.45) is 1.83. The number of methoxy groups -OCH3 is 1. The molecule has 0 aliphatic rings. The van der Waals surface area contributed by atoms with Crippen molar-refractivity contribution in [2.45, 2.75) is 52.7 Å². The van der Waals surface area contributed by atoms with Crippen molar-refractivity contribution in [3.8, 4) is 5.75 Å². The van der Waals surface area contributed by atoms with Crippen molar-refractivity contribution in [2.24, 2.45) is 11.1 Å². The van der Waals surface area contributed by atoms with E-state index in [9.17, 15) is 0 Å². The lowest BCUT2D eigenvalue weighted by Gasteiger charge is -2.26. The van der Waals surface area contributed by atoms with Crippen LogP contribution in [0, 0.1) is 5.41 Å². The first-order valence-corrected chi connectivity index (χ1v) is 7.38. The van der Waals surface area contributed by atoms with Gasteiger partial charge in [-0.2, -0.15) is 0 Å². The molecule has 0 amide bonds. The van der Waals surface area contributed by atoms with Gasteiger partial charge in [0.2, 0.25) is 0 Å². The van der Waals surface area contributed by atoms with Crippen LogP contribution in [0.1, 0.15) is 52.2 Å². The molecule has 2 unspecified atom stereocenters. The Bertz CT molecular complexity index is 398. The minimum Gasteiger partial charge on any atom is -0.497 e. The first-order valence-electron chi connectivity index (χ1n) is 7.38. The van der Waals surface area contributed by atoms with Gasteiger partial charge in [-0.25, -0.2) is 0 Å². The normalized spacial score (nSPS) is 14.9. The summed E-state index contributed by atoms with van der Waals surface area (Å²) in [6, 6.07) is 7.99. The fourth-order valence-electron chi connectivity index (χ4n) is 1.99. The molecule has 0 saturated heterocycles. The van der Waals surface area contributed by atoms with Crippen LogP contribution < -0.4 is 10.5 Å². The Kier molecular flexibility index (Phi) is 6.50. The van der Waals surface area contributed by atoms with Crippen LogP contribution in [0.2, 0.25) is 0 Å². The van der Waals surface area contributed by atoms with E-state index in [0.717, 1.165) is 30.8 Å². The van der Waals surface area contributed by atoms with Gasteiger partial charge in [0.1, 0.15) is 5.75 Å². The Morgan fingerprint density at radius 3 is 2.50 bits per heavy atom. The van der Waals surface area contributed by atoms with E-state index in [2.05, 4.69) is 33.8 Å². The fraction of sp³-hybridized carbons (Fsp3) is 0.647. The van der Waals surface area contributed by atoms with Gasteiger partial charge in [-0.3, -0.25) is 0 Å². The SMILES string of the molecule is CCC(N)C(OCCC(C)(C)C)c1cccc(OC)c1. The molecule has 20 heavy (non-hydrogen) atoms. The molecule has 0 aliphatic heterocycles. The predicted octanol–water partition coefficient (Wildman–Crippen LogP) is 3.93. The first kappa shape index (κ1) is 17.0. The zero-order chi connectivity index (χ0) is 15.2. The summed E-state index contributed by atoms with van der Waals surface area (Å²) in [5.41, 5.74) is 7.59. The molecule has 0 fully saturated rings. The van der Waals surface area contributed by atoms with Crippen LogP contribution in [0.25, 0.3) is 0 Å². The van der Waals surface area contributed by atoms with Crippen LogP contribution in [0.3, 0.4) is 0 Å². The molecule has 0 heterocycles. The van der Waals surface area contributed by atoms with Gasteiger partial charge in [0, 0.05) is 12.6 Å². The first-order chi connectivity index (χ1) is 9.37. The topological polar surface area (TPSA) is 44.5 Å². The third-order valence-corrected chi connectivity index (χ3v) is 3.43. The highest BCUT2D eigenvalue weighted by Gasteiger charge is 2.21. The minimum absolute atomic E-state index is 0.00192. The third-order valence-electron chi connectivity index (χ3n) is 3.43. The zero-order valence-electron chi connectivity index (χ0n) is 13.5. The van der Waals surface area contributed by atoms with Crippen LogP contribution in [-0.4, -0.2) is 19.8 Å². The maximum Gasteiger partial charge on any atom is 0.119 e. The Morgan fingerprint density at radius 1 is 1.25 bits per heavy atom. The Hall–Kier alpha value is -1.06. The summed E-state index contributed by atoms with van der Waals surface area (Å²) < 4.78 is 11.4. The van der Waals surface area contributed by atoms with Gasteiger partial charge in [0.25, 0.3) is 0 Å². The van der Waals surface area contributed by atoms with E-state index >= 15 is 0 Å². The van der Waals surface area contributed by atoms with Crippen LogP contribution in [-0.2, 0) is 4.74 Å². The fourth-order valence-corrected chi connectivity index (χ4v) is 1.99. The van der Waals surface area contributed by atoms with Crippen LogP contribution in [0.15, 0.2) is 24.3 Å². The quantitative estimate of drug-likeness (QED) is 0.822. The zero-order valence-corrected chi connectivity index (χ0v) is 13.5. The monoisotopic (exact) mass is 279 g/mol. The second kappa shape index (κ2) is 7.65. The van der Waals surface area contributed by atoms with Gasteiger partial charge in [-0.15, -0.1) is 0 Å². The molecule has 2 atom stereocenters. The lowest BCUT2D eigenvalue weighted by molar-refractivity contribution is 0.0198. The summed E-state index contributed by atoms with van der Waals surface area (Å²) in [4.78, 5) is 0. The second-order valence-corrected chi connectivity index (χ2v) is 6.45. The highest BCUT2D eigenvalue weighted by Crippen LogP contribution is 2.27. The summed E-state index contributed by atoms with van der Waals surface area (Å²) in [5, 5.41) is 0. The van der Waals surface area contributed by atoms with Gasteiger partial charge >= 0.3 is 0 Å².